The first-order chi connectivity index (χ1) is 10.4. The second kappa shape index (κ2) is 14.2. The van der Waals surface area contributed by atoms with E-state index in [2.05, 4.69) is 58.4 Å². The van der Waals surface area contributed by atoms with Crippen LogP contribution in [-0.4, -0.2) is 70.5 Å². The third-order valence-corrected chi connectivity index (χ3v) is 16.9. The van der Waals surface area contributed by atoms with Crippen molar-refractivity contribution < 1.29 is 0 Å². The van der Waals surface area contributed by atoms with Gasteiger partial charge in [0.05, 0.1) is 0 Å². The first-order valence-electron chi connectivity index (χ1n) is 9.84. The van der Waals surface area contributed by atoms with Crippen LogP contribution < -0.4 is 0 Å². The van der Waals surface area contributed by atoms with Crippen molar-refractivity contribution in [2.24, 2.45) is 0 Å². The quantitative estimate of drug-likeness (QED) is 0.389. The summed E-state index contributed by atoms with van der Waals surface area (Å²) in [6, 6.07) is 0.718. The second-order valence-electron chi connectivity index (χ2n) is 7.72. The fourth-order valence-corrected chi connectivity index (χ4v) is 12.1. The molecule has 0 radical (unpaired) electrons. The molecule has 3 heteroatoms. The van der Waals surface area contributed by atoms with Crippen molar-refractivity contribution in [2.45, 2.75) is 85.3 Å². The van der Waals surface area contributed by atoms with Crippen LogP contribution in [0.25, 0.3) is 0 Å². The van der Waals surface area contributed by atoms with Crippen molar-refractivity contribution in [1.82, 2.24) is 9.80 Å². The van der Waals surface area contributed by atoms with Gasteiger partial charge in [0.25, 0.3) is 0 Å². The van der Waals surface area contributed by atoms with Crippen LogP contribution in [-0.2, 0) is 0 Å². The monoisotopic (exact) mass is 414 g/mol. The van der Waals surface area contributed by atoms with Crippen LogP contribution in [0.5, 0.6) is 0 Å². The summed E-state index contributed by atoms with van der Waals surface area (Å²) in [5, 5.41) is 0. The van der Waals surface area contributed by atoms with E-state index in [0.29, 0.717) is 0 Å². The molecule has 0 aliphatic carbocycles. The molecule has 0 atom stereocenters. The Morgan fingerprint density at radius 3 is 1.77 bits per heavy atom. The first-order valence-corrected chi connectivity index (χ1v) is 16.4. The molecule has 2 nitrogen and oxygen atoms in total. The molecule has 0 unspecified atom stereocenters. The molecule has 0 rings (SSSR count). The van der Waals surface area contributed by atoms with Gasteiger partial charge in [-0.2, -0.15) is 0 Å². The Kier molecular flexibility index (Phi) is 14.7. The van der Waals surface area contributed by atoms with Crippen LogP contribution in [0.1, 0.15) is 67.2 Å². The van der Waals surface area contributed by atoms with E-state index < -0.39 is 21.4 Å². The Labute approximate surface area is 149 Å². The molecule has 0 fully saturated rings. The third kappa shape index (κ3) is 11.3. The zero-order chi connectivity index (χ0) is 17.0. The van der Waals surface area contributed by atoms with E-state index in [1.54, 1.807) is 8.35 Å². The van der Waals surface area contributed by atoms with E-state index >= 15 is 0 Å². The molecule has 0 N–H and O–H groups in total. The van der Waals surface area contributed by atoms with Gasteiger partial charge < -0.3 is 0 Å². The predicted molar refractivity (Wildman–Crippen MR) is 104 cm³/mol. The van der Waals surface area contributed by atoms with E-state index in [-0.39, 0.29) is 0 Å². The van der Waals surface area contributed by atoms with E-state index in [4.69, 9.17) is 0 Å². The summed E-state index contributed by atoms with van der Waals surface area (Å²) in [7, 11) is 2.29. The standard InChI is InChI=1S/C9H20N.C7H16N.C3H7.In/c1-5-7-10(8-6-2)9(3)4;1-4-6-8(3)7-5-2;1-3-2;/h9H,1,5-8H2,2-4H3;1,4-7H2,2-3H3;3H,1-2H3;. The average Bonchev–Trinajstić information content (AvgIpc) is 2.44. The van der Waals surface area contributed by atoms with Crippen molar-refractivity contribution in [3.8, 4) is 0 Å². The fraction of sp³-hybridized carbons (Fsp3) is 1.00. The molecule has 0 heterocycles. The van der Waals surface area contributed by atoms with Crippen LogP contribution in [0.2, 0.25) is 12.0 Å². The molecule has 0 amide bonds. The summed E-state index contributed by atoms with van der Waals surface area (Å²) in [6.07, 6.45) is 5.49. The molecule has 0 aromatic heterocycles. The van der Waals surface area contributed by atoms with E-state index in [0.717, 1.165) is 9.72 Å². The maximum absolute atomic E-state index is 2.68. The average molecular weight is 414 g/mol. The van der Waals surface area contributed by atoms with Gasteiger partial charge in [-0.25, -0.2) is 0 Å². The van der Waals surface area contributed by atoms with Crippen LogP contribution in [0.15, 0.2) is 0 Å². The minimum absolute atomic E-state index is 0.718. The second-order valence-corrected chi connectivity index (χ2v) is 19.2. The van der Waals surface area contributed by atoms with Crippen molar-refractivity contribution in [2.75, 3.05) is 33.2 Å². The maximum atomic E-state index is 2.68. The molecule has 0 aromatic carbocycles. The zero-order valence-electron chi connectivity index (χ0n) is 16.7. The molecule has 0 bridgehead atoms. The molecular weight excluding hydrogens is 371 g/mol. The third-order valence-electron chi connectivity index (χ3n) is 4.92. The van der Waals surface area contributed by atoms with Gasteiger partial charge in [-0.05, 0) is 0 Å². The van der Waals surface area contributed by atoms with Gasteiger partial charge in [0.1, 0.15) is 0 Å². The Morgan fingerprint density at radius 1 is 0.773 bits per heavy atom. The Balaban J connectivity index is 4.03. The molecule has 0 aromatic rings. The molecule has 0 aliphatic heterocycles. The van der Waals surface area contributed by atoms with Crippen molar-refractivity contribution in [1.29, 1.82) is 0 Å². The summed E-state index contributed by atoms with van der Waals surface area (Å²) < 4.78 is 4.27. The van der Waals surface area contributed by atoms with Gasteiger partial charge >= 0.3 is 150 Å². The summed E-state index contributed by atoms with van der Waals surface area (Å²) in [6.45, 7) is 19.5. The van der Waals surface area contributed by atoms with Crippen LogP contribution in [0.4, 0.5) is 0 Å². The Morgan fingerprint density at radius 2 is 1.32 bits per heavy atom. The molecule has 0 saturated carbocycles. The van der Waals surface area contributed by atoms with Crippen LogP contribution >= 0.6 is 0 Å². The SMILES string of the molecule is CCCN(C)CC[CH2][In]([CH2]CCN(CCC)C(C)C)[CH](C)C. The Bertz CT molecular complexity index is 244. The summed E-state index contributed by atoms with van der Waals surface area (Å²) in [5.74, 6) is 0. The fourth-order valence-electron chi connectivity index (χ4n) is 3.40. The van der Waals surface area contributed by atoms with Gasteiger partial charge in [-0.15, -0.1) is 0 Å². The number of nitrogens with zero attached hydrogens (tertiary/aromatic N) is 2. The van der Waals surface area contributed by atoms with Crippen LogP contribution in [0.3, 0.4) is 0 Å². The summed E-state index contributed by atoms with van der Waals surface area (Å²) in [5.41, 5.74) is 0. The van der Waals surface area contributed by atoms with Crippen molar-refractivity contribution >= 4 is 21.4 Å². The van der Waals surface area contributed by atoms with Gasteiger partial charge in [0.2, 0.25) is 0 Å². The normalized spacial score (nSPS) is 12.1. The minimum atomic E-state index is -1.30. The van der Waals surface area contributed by atoms with E-state index in [1.165, 1.54) is 51.9 Å². The van der Waals surface area contributed by atoms with Crippen LogP contribution in [0, 0.1) is 0 Å². The van der Waals surface area contributed by atoms with E-state index in [1.807, 2.05) is 0 Å². The number of rotatable bonds is 14. The molecular formula is C19H43InN2. The van der Waals surface area contributed by atoms with E-state index in [9.17, 15) is 0 Å². The number of hydrogen-bond donors (Lipinski definition) is 0. The summed E-state index contributed by atoms with van der Waals surface area (Å²) in [4.78, 5) is 5.20. The zero-order valence-corrected chi connectivity index (χ0v) is 20.0. The van der Waals surface area contributed by atoms with Gasteiger partial charge in [0.15, 0.2) is 0 Å². The first kappa shape index (κ1) is 22.8. The number of hydrogen-bond acceptors (Lipinski definition) is 2. The van der Waals surface area contributed by atoms with Gasteiger partial charge in [-0.1, -0.05) is 0 Å². The van der Waals surface area contributed by atoms with Crippen molar-refractivity contribution in [3.63, 3.8) is 0 Å². The molecule has 0 saturated heterocycles. The van der Waals surface area contributed by atoms with Gasteiger partial charge in [-0.3, -0.25) is 0 Å². The molecule has 132 valence electrons. The topological polar surface area (TPSA) is 6.48 Å². The molecule has 0 aliphatic rings. The predicted octanol–water partition coefficient (Wildman–Crippen LogP) is 5.13. The molecule has 0 spiro atoms. The molecule has 22 heavy (non-hydrogen) atoms. The van der Waals surface area contributed by atoms with Crippen molar-refractivity contribution in [3.05, 3.63) is 0 Å². The Hall–Kier alpha value is 0.790. The summed E-state index contributed by atoms with van der Waals surface area (Å²) >= 11 is -1.30. The van der Waals surface area contributed by atoms with Gasteiger partial charge in [0, 0.05) is 0 Å².